The van der Waals surface area contributed by atoms with Gasteiger partial charge >= 0.3 is 0 Å². The number of nitrogens with two attached hydrogens (primary N) is 1. The largest absolute Gasteiger partial charge is 0.379 e. The van der Waals surface area contributed by atoms with Gasteiger partial charge in [-0.1, -0.05) is 0 Å². The summed E-state index contributed by atoms with van der Waals surface area (Å²) in [5.41, 5.74) is 5.86. The number of rotatable bonds is 2. The number of ether oxygens (including phenoxy) is 1. The van der Waals surface area contributed by atoms with Crippen LogP contribution >= 0.6 is 0 Å². The van der Waals surface area contributed by atoms with E-state index in [0.29, 0.717) is 32.8 Å². The fraction of sp³-hybridized carbons (Fsp3) is 1.00. The fourth-order valence-corrected chi connectivity index (χ4v) is 3.86. The van der Waals surface area contributed by atoms with E-state index in [2.05, 4.69) is 0 Å². The average molecular weight is 249 g/mol. The normalized spacial score (nSPS) is 30.4. The summed E-state index contributed by atoms with van der Waals surface area (Å²) >= 11 is 0. The second-order valence-electron chi connectivity index (χ2n) is 4.19. The van der Waals surface area contributed by atoms with E-state index in [0.717, 1.165) is 19.3 Å². The molecule has 2 N–H and O–H groups in total. The van der Waals surface area contributed by atoms with Crippen molar-refractivity contribution in [2.24, 2.45) is 5.73 Å². The SMILES string of the molecule is NC1CCCCN1S(=O)(=O)N1CCOCC1. The van der Waals surface area contributed by atoms with E-state index in [1.54, 1.807) is 0 Å². The van der Waals surface area contributed by atoms with Crippen molar-refractivity contribution in [2.45, 2.75) is 25.4 Å². The van der Waals surface area contributed by atoms with Crippen molar-refractivity contribution in [3.63, 3.8) is 0 Å². The molecule has 2 rings (SSSR count). The smallest absolute Gasteiger partial charge is 0.283 e. The summed E-state index contributed by atoms with van der Waals surface area (Å²) in [6.45, 7) is 2.36. The topological polar surface area (TPSA) is 75.9 Å². The molecule has 0 amide bonds. The first-order valence-electron chi connectivity index (χ1n) is 5.72. The van der Waals surface area contributed by atoms with Crippen LogP contribution in [0.15, 0.2) is 0 Å². The lowest BCUT2D eigenvalue weighted by Crippen LogP contribution is -2.55. The number of nitrogens with zero attached hydrogens (tertiary/aromatic N) is 2. The van der Waals surface area contributed by atoms with Gasteiger partial charge in [0.15, 0.2) is 0 Å². The third-order valence-corrected chi connectivity index (χ3v) is 5.15. The average Bonchev–Trinajstić information content (AvgIpc) is 2.30. The van der Waals surface area contributed by atoms with E-state index >= 15 is 0 Å². The second-order valence-corrected chi connectivity index (χ2v) is 6.07. The Balaban J connectivity index is 2.10. The molecule has 1 unspecified atom stereocenters. The molecule has 0 spiro atoms. The molecule has 2 aliphatic rings. The summed E-state index contributed by atoms with van der Waals surface area (Å²) in [4.78, 5) is 0. The summed E-state index contributed by atoms with van der Waals surface area (Å²) in [6.07, 6.45) is 2.30. The third-order valence-electron chi connectivity index (χ3n) is 3.09. The molecule has 94 valence electrons. The highest BCUT2D eigenvalue weighted by Crippen LogP contribution is 2.20. The molecule has 0 bridgehead atoms. The van der Waals surface area contributed by atoms with E-state index in [4.69, 9.17) is 10.5 Å². The van der Waals surface area contributed by atoms with Gasteiger partial charge in [-0.3, -0.25) is 0 Å². The highest BCUT2D eigenvalue weighted by Gasteiger charge is 2.35. The van der Waals surface area contributed by atoms with Crippen molar-refractivity contribution in [3.8, 4) is 0 Å². The first kappa shape index (κ1) is 12.3. The quantitative estimate of drug-likeness (QED) is 0.704. The minimum Gasteiger partial charge on any atom is -0.379 e. The van der Waals surface area contributed by atoms with Gasteiger partial charge in [0.05, 0.1) is 19.4 Å². The van der Waals surface area contributed by atoms with Crippen molar-refractivity contribution in [2.75, 3.05) is 32.8 Å². The lowest BCUT2D eigenvalue weighted by atomic mass is 10.1. The number of morpholine rings is 1. The molecule has 16 heavy (non-hydrogen) atoms. The Hall–Kier alpha value is -0.210. The van der Waals surface area contributed by atoms with Crippen molar-refractivity contribution < 1.29 is 13.2 Å². The molecule has 0 aromatic heterocycles. The molecule has 7 heteroatoms. The molecule has 2 fully saturated rings. The van der Waals surface area contributed by atoms with Gasteiger partial charge in [-0.2, -0.15) is 17.0 Å². The van der Waals surface area contributed by atoms with Crippen LogP contribution in [0.2, 0.25) is 0 Å². The molecule has 0 aliphatic carbocycles. The van der Waals surface area contributed by atoms with E-state index < -0.39 is 10.2 Å². The Morgan fingerprint density at radius 2 is 1.81 bits per heavy atom. The summed E-state index contributed by atoms with van der Waals surface area (Å²) in [5, 5.41) is 0. The minimum atomic E-state index is -3.37. The number of piperidine rings is 1. The fourth-order valence-electron chi connectivity index (χ4n) is 2.14. The lowest BCUT2D eigenvalue weighted by molar-refractivity contribution is 0.0683. The Bertz CT molecular complexity index is 327. The summed E-state index contributed by atoms with van der Waals surface area (Å²) < 4.78 is 32.6. The van der Waals surface area contributed by atoms with E-state index in [-0.39, 0.29) is 6.17 Å². The first-order valence-corrected chi connectivity index (χ1v) is 7.12. The van der Waals surface area contributed by atoms with Crippen LogP contribution in [0.25, 0.3) is 0 Å². The predicted molar refractivity (Wildman–Crippen MR) is 59.8 cm³/mol. The van der Waals surface area contributed by atoms with Crippen LogP contribution in [0, 0.1) is 0 Å². The van der Waals surface area contributed by atoms with Crippen molar-refractivity contribution >= 4 is 10.2 Å². The van der Waals surface area contributed by atoms with Gasteiger partial charge in [-0.05, 0) is 19.3 Å². The van der Waals surface area contributed by atoms with Gasteiger partial charge in [0.2, 0.25) is 0 Å². The minimum absolute atomic E-state index is 0.360. The monoisotopic (exact) mass is 249 g/mol. The van der Waals surface area contributed by atoms with Crippen LogP contribution in [0.1, 0.15) is 19.3 Å². The molecule has 2 saturated heterocycles. The second kappa shape index (κ2) is 4.97. The first-order chi connectivity index (χ1) is 7.62. The Morgan fingerprint density at radius 1 is 1.12 bits per heavy atom. The highest BCUT2D eigenvalue weighted by atomic mass is 32.2. The molecule has 1 atom stereocenters. The van der Waals surface area contributed by atoms with Crippen molar-refractivity contribution in [1.82, 2.24) is 8.61 Å². The van der Waals surface area contributed by atoms with Crippen molar-refractivity contribution in [1.29, 1.82) is 0 Å². The van der Waals surface area contributed by atoms with Gasteiger partial charge in [0, 0.05) is 19.6 Å². The Labute approximate surface area is 96.5 Å². The zero-order valence-corrected chi connectivity index (χ0v) is 10.2. The maximum atomic E-state index is 12.3. The van der Waals surface area contributed by atoms with Gasteiger partial charge in [0.25, 0.3) is 10.2 Å². The Morgan fingerprint density at radius 3 is 2.44 bits per heavy atom. The van der Waals surface area contributed by atoms with Crippen LogP contribution in [0.3, 0.4) is 0 Å². The van der Waals surface area contributed by atoms with Crippen LogP contribution in [-0.4, -0.2) is 56.0 Å². The van der Waals surface area contributed by atoms with Crippen LogP contribution in [0.5, 0.6) is 0 Å². The Kier molecular flexibility index (Phi) is 3.81. The predicted octanol–water partition coefficient (Wildman–Crippen LogP) is -0.666. The van der Waals surface area contributed by atoms with E-state index in [1.165, 1.54) is 8.61 Å². The standard InChI is InChI=1S/C9H19N3O3S/c10-9-3-1-2-4-12(9)16(13,14)11-5-7-15-8-6-11/h9H,1-8,10H2. The summed E-state index contributed by atoms with van der Waals surface area (Å²) in [7, 11) is -3.37. The molecular formula is C9H19N3O3S. The van der Waals surface area contributed by atoms with Crippen molar-refractivity contribution in [3.05, 3.63) is 0 Å². The summed E-state index contributed by atoms with van der Waals surface area (Å²) in [6, 6.07) is 0. The third kappa shape index (κ3) is 2.38. The zero-order chi connectivity index (χ0) is 11.6. The molecule has 0 radical (unpaired) electrons. The number of hydrogen-bond donors (Lipinski definition) is 1. The highest BCUT2D eigenvalue weighted by molar-refractivity contribution is 7.86. The van der Waals surface area contributed by atoms with E-state index in [9.17, 15) is 8.42 Å². The molecule has 0 aromatic rings. The molecule has 6 nitrogen and oxygen atoms in total. The molecule has 0 saturated carbocycles. The maximum Gasteiger partial charge on any atom is 0.283 e. The molecule has 2 aliphatic heterocycles. The van der Waals surface area contributed by atoms with Gasteiger partial charge in [0.1, 0.15) is 0 Å². The van der Waals surface area contributed by atoms with Gasteiger partial charge in [-0.15, -0.1) is 0 Å². The molecular weight excluding hydrogens is 230 g/mol. The molecule has 0 aromatic carbocycles. The van der Waals surface area contributed by atoms with Crippen LogP contribution in [-0.2, 0) is 14.9 Å². The maximum absolute atomic E-state index is 12.3. The summed E-state index contributed by atoms with van der Waals surface area (Å²) in [5.74, 6) is 0. The number of hydrogen-bond acceptors (Lipinski definition) is 4. The lowest BCUT2D eigenvalue weighted by Gasteiger charge is -2.37. The van der Waals surface area contributed by atoms with Crippen LogP contribution < -0.4 is 5.73 Å². The van der Waals surface area contributed by atoms with E-state index in [1.807, 2.05) is 0 Å². The van der Waals surface area contributed by atoms with Gasteiger partial charge < -0.3 is 10.5 Å². The zero-order valence-electron chi connectivity index (χ0n) is 9.34. The van der Waals surface area contributed by atoms with Gasteiger partial charge in [-0.25, -0.2) is 0 Å². The molecule has 2 heterocycles. The van der Waals surface area contributed by atoms with Crippen LogP contribution in [0.4, 0.5) is 0 Å².